The lowest BCUT2D eigenvalue weighted by Crippen LogP contribution is -2.25. The van der Waals surface area contributed by atoms with Crippen LogP contribution in [0.1, 0.15) is 27.7 Å². The number of rotatable bonds is 4. The number of imidazole rings is 1. The third-order valence-electron chi connectivity index (χ3n) is 3.46. The molecule has 0 amide bonds. The predicted molar refractivity (Wildman–Crippen MR) is 76.8 cm³/mol. The van der Waals surface area contributed by atoms with E-state index in [1.54, 1.807) is 11.6 Å². The smallest absolute Gasteiger partial charge is 0.363 e. The van der Waals surface area contributed by atoms with Gasteiger partial charge in [-0.1, -0.05) is 39.0 Å². The molecule has 0 aliphatic carbocycles. The lowest BCUT2D eigenvalue weighted by molar-refractivity contribution is -0.389. The molecule has 6 nitrogen and oxygen atoms in total. The van der Waals surface area contributed by atoms with E-state index in [1.807, 2.05) is 0 Å². The predicted octanol–water partition coefficient (Wildman–Crippen LogP) is 3.40. The molecule has 2 aromatic rings. The summed E-state index contributed by atoms with van der Waals surface area (Å²) in [5.74, 6) is 0.747. The van der Waals surface area contributed by atoms with Gasteiger partial charge in [0.15, 0.2) is 0 Å². The van der Waals surface area contributed by atoms with E-state index in [1.165, 1.54) is 15.7 Å². The third-order valence-corrected chi connectivity index (χ3v) is 4.22. The average Bonchev–Trinajstić information content (AvgIpc) is 2.82. The van der Waals surface area contributed by atoms with E-state index in [-0.39, 0.29) is 11.2 Å². The first-order chi connectivity index (χ1) is 8.80. The summed E-state index contributed by atoms with van der Waals surface area (Å²) in [7, 11) is 0. The van der Waals surface area contributed by atoms with Crippen molar-refractivity contribution in [2.75, 3.05) is 11.9 Å². The van der Waals surface area contributed by atoms with E-state index in [0.29, 0.717) is 23.2 Å². The van der Waals surface area contributed by atoms with Crippen molar-refractivity contribution in [2.45, 2.75) is 27.7 Å². The largest absolute Gasteiger partial charge is 0.372 e. The van der Waals surface area contributed by atoms with Crippen LogP contribution >= 0.6 is 11.3 Å². The van der Waals surface area contributed by atoms with E-state index < -0.39 is 4.92 Å². The van der Waals surface area contributed by atoms with Crippen molar-refractivity contribution in [2.24, 2.45) is 11.3 Å². The molecule has 7 heteroatoms. The number of nitrogens with zero attached hydrogens (tertiary/aromatic N) is 3. The Balaban J connectivity index is 2.23. The quantitative estimate of drug-likeness (QED) is 0.689. The summed E-state index contributed by atoms with van der Waals surface area (Å²) in [6.07, 6.45) is 1.67. The minimum Gasteiger partial charge on any atom is -0.363 e. The molecule has 0 spiro atoms. The fourth-order valence-electron chi connectivity index (χ4n) is 1.62. The summed E-state index contributed by atoms with van der Waals surface area (Å²) in [5.41, 5.74) is 0.152. The van der Waals surface area contributed by atoms with Gasteiger partial charge in [-0.25, -0.2) is 0 Å². The SMILES string of the molecule is CC(CNc1nc2sccn2c1[N+](=O)[O-])C(C)(C)C. The Kier molecular flexibility index (Phi) is 3.49. The minimum atomic E-state index is -0.392. The molecule has 19 heavy (non-hydrogen) atoms. The molecule has 0 saturated heterocycles. The van der Waals surface area contributed by atoms with E-state index >= 15 is 0 Å². The third kappa shape index (κ3) is 2.70. The van der Waals surface area contributed by atoms with Gasteiger partial charge in [0.25, 0.3) is 4.96 Å². The van der Waals surface area contributed by atoms with Crippen LogP contribution in [0.3, 0.4) is 0 Å². The van der Waals surface area contributed by atoms with Gasteiger partial charge in [0.1, 0.15) is 6.20 Å². The second kappa shape index (κ2) is 4.80. The highest BCUT2D eigenvalue weighted by Crippen LogP contribution is 2.30. The van der Waals surface area contributed by atoms with Gasteiger partial charge in [-0.3, -0.25) is 0 Å². The van der Waals surface area contributed by atoms with Crippen molar-refractivity contribution in [3.05, 3.63) is 21.7 Å². The maximum Gasteiger partial charge on any atom is 0.372 e. The number of nitrogens with one attached hydrogen (secondary N) is 1. The summed E-state index contributed by atoms with van der Waals surface area (Å²) in [6.45, 7) is 9.24. The molecule has 1 atom stereocenters. The van der Waals surface area contributed by atoms with Crippen LogP contribution in [0, 0.1) is 21.4 Å². The first-order valence-corrected chi connectivity index (χ1v) is 7.02. The van der Waals surface area contributed by atoms with Gasteiger partial charge in [0.05, 0.1) is 0 Å². The van der Waals surface area contributed by atoms with Crippen molar-refractivity contribution in [1.29, 1.82) is 0 Å². The molecular formula is C12H18N4O2S. The van der Waals surface area contributed by atoms with E-state index in [0.717, 1.165) is 0 Å². The van der Waals surface area contributed by atoms with Crippen LogP contribution in [0.4, 0.5) is 11.6 Å². The average molecular weight is 282 g/mol. The molecular weight excluding hydrogens is 264 g/mol. The highest BCUT2D eigenvalue weighted by Gasteiger charge is 2.25. The molecule has 0 aliphatic rings. The summed E-state index contributed by atoms with van der Waals surface area (Å²) in [5, 5.41) is 16.0. The molecule has 1 N–H and O–H groups in total. The first kappa shape index (κ1) is 13.8. The summed E-state index contributed by atoms with van der Waals surface area (Å²) in [4.78, 5) is 15.7. The highest BCUT2D eigenvalue weighted by atomic mass is 32.1. The number of hydrogen-bond acceptors (Lipinski definition) is 5. The number of nitro groups is 1. The summed E-state index contributed by atoms with van der Waals surface area (Å²) >= 11 is 1.39. The van der Waals surface area contributed by atoms with Gasteiger partial charge >= 0.3 is 5.82 Å². The normalized spacial score (nSPS) is 13.7. The van der Waals surface area contributed by atoms with Crippen LogP contribution < -0.4 is 5.32 Å². The van der Waals surface area contributed by atoms with Crippen LogP contribution in [0.25, 0.3) is 4.96 Å². The highest BCUT2D eigenvalue weighted by molar-refractivity contribution is 7.15. The van der Waals surface area contributed by atoms with Gasteiger partial charge in [-0.05, 0) is 16.3 Å². The zero-order chi connectivity index (χ0) is 14.2. The first-order valence-electron chi connectivity index (χ1n) is 6.14. The molecule has 2 heterocycles. The van der Waals surface area contributed by atoms with Crippen LogP contribution in [0.2, 0.25) is 0 Å². The molecule has 0 bridgehead atoms. The van der Waals surface area contributed by atoms with Crippen molar-refractivity contribution < 1.29 is 4.92 Å². The maximum atomic E-state index is 11.1. The lowest BCUT2D eigenvalue weighted by atomic mass is 9.82. The number of aromatic nitrogens is 2. The van der Waals surface area contributed by atoms with Crippen LogP contribution in [-0.4, -0.2) is 20.9 Å². The molecule has 0 saturated carbocycles. The number of fused-ring (bicyclic) bond motifs is 1. The molecule has 0 aliphatic heterocycles. The zero-order valence-electron chi connectivity index (χ0n) is 11.5. The molecule has 0 aromatic carbocycles. The number of thiazole rings is 1. The molecule has 0 fully saturated rings. The molecule has 0 radical (unpaired) electrons. The Labute approximate surface area is 115 Å². The van der Waals surface area contributed by atoms with Crippen molar-refractivity contribution in [3.63, 3.8) is 0 Å². The number of hydrogen-bond donors (Lipinski definition) is 1. The molecule has 2 rings (SSSR count). The lowest BCUT2D eigenvalue weighted by Gasteiger charge is -2.27. The molecule has 2 aromatic heterocycles. The fourth-order valence-corrected chi connectivity index (χ4v) is 2.33. The Morgan fingerprint density at radius 2 is 2.26 bits per heavy atom. The van der Waals surface area contributed by atoms with E-state index in [2.05, 4.69) is 38.0 Å². The van der Waals surface area contributed by atoms with Crippen LogP contribution in [0.15, 0.2) is 11.6 Å². The summed E-state index contributed by atoms with van der Waals surface area (Å²) in [6, 6.07) is 0. The van der Waals surface area contributed by atoms with E-state index in [9.17, 15) is 10.1 Å². The minimum absolute atomic E-state index is 0.0114. The monoisotopic (exact) mass is 282 g/mol. The number of anilines is 1. The second-order valence-electron chi connectivity index (χ2n) is 5.74. The van der Waals surface area contributed by atoms with Gasteiger partial charge < -0.3 is 15.4 Å². The molecule has 1 unspecified atom stereocenters. The fraction of sp³-hybridized carbons (Fsp3) is 0.583. The maximum absolute atomic E-state index is 11.1. The standard InChI is InChI=1S/C12H18N4O2S/c1-8(12(2,3)4)7-13-9-10(16(17)18)15-5-6-19-11(15)14-9/h5-6,8,13H,7H2,1-4H3. The Morgan fingerprint density at radius 3 is 2.84 bits per heavy atom. The topological polar surface area (TPSA) is 72.5 Å². The van der Waals surface area contributed by atoms with Crippen molar-refractivity contribution in [1.82, 2.24) is 9.38 Å². The zero-order valence-corrected chi connectivity index (χ0v) is 12.3. The second-order valence-corrected chi connectivity index (χ2v) is 6.62. The van der Waals surface area contributed by atoms with E-state index in [4.69, 9.17) is 0 Å². The van der Waals surface area contributed by atoms with Crippen molar-refractivity contribution in [3.8, 4) is 0 Å². The van der Waals surface area contributed by atoms with Gasteiger partial charge in [0, 0.05) is 11.9 Å². The Hall–Kier alpha value is -1.63. The van der Waals surface area contributed by atoms with Gasteiger partial charge in [-0.2, -0.15) is 9.38 Å². The summed E-state index contributed by atoms with van der Waals surface area (Å²) < 4.78 is 1.51. The Bertz CT molecular complexity index is 596. The Morgan fingerprint density at radius 1 is 1.58 bits per heavy atom. The van der Waals surface area contributed by atoms with Crippen LogP contribution in [-0.2, 0) is 0 Å². The van der Waals surface area contributed by atoms with Gasteiger partial charge in [0.2, 0.25) is 5.82 Å². The van der Waals surface area contributed by atoms with Gasteiger partial charge in [-0.15, -0.1) is 0 Å². The van der Waals surface area contributed by atoms with Crippen molar-refractivity contribution >= 4 is 27.9 Å². The van der Waals surface area contributed by atoms with Crippen LogP contribution in [0.5, 0.6) is 0 Å². The molecule has 104 valence electrons.